The Balaban J connectivity index is 4.47. The molecule has 0 radical (unpaired) electrons. The fraction of sp³-hybridized carbons (Fsp3) is 0.923. The first-order valence-electron chi connectivity index (χ1n) is 6.95. The average molecular weight is 243 g/mol. The molecule has 3 N–H and O–H groups in total. The van der Waals surface area contributed by atoms with E-state index >= 15 is 0 Å². The number of nitrogens with two attached hydrogens (primary N) is 1. The highest BCUT2D eigenvalue weighted by atomic mass is 16.2. The number of hydrogen-bond acceptors (Lipinski definition) is 3. The molecule has 17 heavy (non-hydrogen) atoms. The quantitative estimate of drug-likeness (QED) is 0.351. The second-order valence-corrected chi connectivity index (χ2v) is 4.56. The van der Waals surface area contributed by atoms with Crippen LogP contribution in [-0.4, -0.2) is 29.9 Å². The minimum atomic E-state index is -0.0527. The van der Waals surface area contributed by atoms with E-state index in [1.807, 2.05) is 0 Å². The van der Waals surface area contributed by atoms with Crippen molar-refractivity contribution in [3.05, 3.63) is 0 Å². The molecule has 1 amide bonds. The summed E-state index contributed by atoms with van der Waals surface area (Å²) >= 11 is 0. The lowest BCUT2D eigenvalue weighted by atomic mass is 10.1. The highest BCUT2D eigenvalue weighted by molar-refractivity contribution is 5.81. The maximum atomic E-state index is 11.8. The highest BCUT2D eigenvalue weighted by Crippen LogP contribution is 2.10. The highest BCUT2D eigenvalue weighted by Gasteiger charge is 2.23. The van der Waals surface area contributed by atoms with Crippen LogP contribution in [0.25, 0.3) is 0 Å². The summed E-state index contributed by atoms with van der Waals surface area (Å²) < 4.78 is 0. The van der Waals surface area contributed by atoms with Gasteiger partial charge in [-0.05, 0) is 32.4 Å². The average Bonchev–Trinajstić information content (AvgIpc) is 2.36. The number of amides is 1. The zero-order valence-corrected chi connectivity index (χ0v) is 11.7. The molecule has 0 aliphatic heterocycles. The number of hydrazine groups is 1. The summed E-state index contributed by atoms with van der Waals surface area (Å²) in [5.41, 5.74) is 2.30. The Morgan fingerprint density at radius 1 is 1.12 bits per heavy atom. The number of hydrogen-bond donors (Lipinski definition) is 2. The predicted octanol–water partition coefficient (Wildman–Crippen LogP) is 2.05. The second-order valence-electron chi connectivity index (χ2n) is 4.56. The van der Waals surface area contributed by atoms with E-state index in [0.717, 1.165) is 51.6 Å². The summed E-state index contributed by atoms with van der Waals surface area (Å²) in [6.07, 6.45) is 6.49. The first-order chi connectivity index (χ1) is 8.21. The van der Waals surface area contributed by atoms with E-state index in [1.165, 1.54) is 0 Å². The van der Waals surface area contributed by atoms with Crippen molar-refractivity contribution in [3.63, 3.8) is 0 Å². The van der Waals surface area contributed by atoms with Crippen molar-refractivity contribution in [1.29, 1.82) is 0 Å². The summed E-state index contributed by atoms with van der Waals surface area (Å²) in [5.74, 6) is 5.23. The molecular weight excluding hydrogens is 214 g/mol. The lowest BCUT2D eigenvalue weighted by Gasteiger charge is -2.30. The lowest BCUT2D eigenvalue weighted by Crippen LogP contribution is -2.49. The Labute approximate surface area is 106 Å². The van der Waals surface area contributed by atoms with Crippen molar-refractivity contribution in [1.82, 2.24) is 10.3 Å². The first-order valence-corrected chi connectivity index (χ1v) is 6.95. The molecule has 102 valence electrons. The van der Waals surface area contributed by atoms with E-state index in [-0.39, 0.29) is 11.9 Å². The van der Waals surface area contributed by atoms with Gasteiger partial charge in [-0.3, -0.25) is 15.1 Å². The number of carbonyl (C=O) groups excluding carboxylic acids is 1. The predicted molar refractivity (Wildman–Crippen MR) is 72.4 cm³/mol. The van der Waals surface area contributed by atoms with Crippen LogP contribution in [0.4, 0.5) is 0 Å². The van der Waals surface area contributed by atoms with Gasteiger partial charge in [0.15, 0.2) is 0 Å². The van der Waals surface area contributed by atoms with E-state index in [1.54, 1.807) is 0 Å². The smallest absolute Gasteiger partial charge is 0.251 e. The van der Waals surface area contributed by atoms with E-state index in [4.69, 9.17) is 5.84 Å². The van der Waals surface area contributed by atoms with Crippen LogP contribution in [0.5, 0.6) is 0 Å². The molecule has 4 nitrogen and oxygen atoms in total. The van der Waals surface area contributed by atoms with Crippen LogP contribution in [-0.2, 0) is 4.79 Å². The molecule has 0 heterocycles. The molecule has 0 fully saturated rings. The van der Waals surface area contributed by atoms with Gasteiger partial charge in [0.2, 0.25) is 0 Å². The molecule has 0 saturated carbocycles. The third-order valence-corrected chi connectivity index (χ3v) is 3.05. The van der Waals surface area contributed by atoms with Gasteiger partial charge in [-0.15, -0.1) is 0 Å². The maximum absolute atomic E-state index is 11.8. The van der Waals surface area contributed by atoms with E-state index < -0.39 is 0 Å². The Morgan fingerprint density at radius 3 is 2.00 bits per heavy atom. The van der Waals surface area contributed by atoms with Crippen molar-refractivity contribution in [2.24, 2.45) is 5.84 Å². The van der Waals surface area contributed by atoms with Crippen molar-refractivity contribution < 1.29 is 4.79 Å². The number of unbranched alkanes of at least 4 members (excludes halogenated alkanes) is 2. The van der Waals surface area contributed by atoms with Gasteiger partial charge in [-0.1, -0.05) is 40.0 Å². The van der Waals surface area contributed by atoms with Crippen LogP contribution in [0.1, 0.15) is 59.3 Å². The minimum Gasteiger partial charge on any atom is -0.293 e. The molecule has 0 rings (SSSR count). The van der Waals surface area contributed by atoms with Crippen LogP contribution in [0.3, 0.4) is 0 Å². The molecule has 0 spiro atoms. The third-order valence-electron chi connectivity index (χ3n) is 3.05. The van der Waals surface area contributed by atoms with Gasteiger partial charge in [0, 0.05) is 0 Å². The maximum Gasteiger partial charge on any atom is 0.251 e. The van der Waals surface area contributed by atoms with Gasteiger partial charge in [-0.2, -0.15) is 0 Å². The van der Waals surface area contributed by atoms with Gasteiger partial charge < -0.3 is 0 Å². The van der Waals surface area contributed by atoms with Crippen LogP contribution in [0.15, 0.2) is 0 Å². The van der Waals surface area contributed by atoms with Gasteiger partial charge in [0.05, 0.1) is 6.04 Å². The summed E-state index contributed by atoms with van der Waals surface area (Å²) in [4.78, 5) is 14.1. The summed E-state index contributed by atoms with van der Waals surface area (Å²) in [5, 5.41) is 0. The molecular formula is C13H29N3O. The molecule has 0 saturated heterocycles. The Bertz CT molecular complexity index is 189. The largest absolute Gasteiger partial charge is 0.293 e. The fourth-order valence-corrected chi connectivity index (χ4v) is 2.00. The Morgan fingerprint density at radius 2 is 1.65 bits per heavy atom. The van der Waals surface area contributed by atoms with Crippen LogP contribution >= 0.6 is 0 Å². The van der Waals surface area contributed by atoms with E-state index in [2.05, 4.69) is 31.1 Å². The molecule has 1 unspecified atom stereocenters. The Kier molecular flexibility index (Phi) is 10.2. The fourth-order valence-electron chi connectivity index (χ4n) is 2.00. The molecule has 0 aliphatic rings. The molecule has 0 aliphatic carbocycles. The number of rotatable bonds is 10. The monoisotopic (exact) mass is 243 g/mol. The summed E-state index contributed by atoms with van der Waals surface area (Å²) in [6.45, 7) is 8.45. The van der Waals surface area contributed by atoms with Crippen LogP contribution < -0.4 is 11.3 Å². The molecule has 0 aromatic heterocycles. The molecule has 0 bridgehead atoms. The molecule has 0 aromatic carbocycles. The lowest BCUT2D eigenvalue weighted by molar-refractivity contribution is -0.126. The van der Waals surface area contributed by atoms with Gasteiger partial charge in [0.25, 0.3) is 5.91 Å². The second kappa shape index (κ2) is 10.5. The van der Waals surface area contributed by atoms with Crippen molar-refractivity contribution in [3.8, 4) is 0 Å². The third kappa shape index (κ3) is 6.64. The normalized spacial score (nSPS) is 12.8. The minimum absolute atomic E-state index is 0.0425. The van der Waals surface area contributed by atoms with Crippen molar-refractivity contribution >= 4 is 5.91 Å². The van der Waals surface area contributed by atoms with Crippen LogP contribution in [0, 0.1) is 0 Å². The topological polar surface area (TPSA) is 58.4 Å². The molecule has 1 atom stereocenters. The van der Waals surface area contributed by atoms with Crippen molar-refractivity contribution in [2.45, 2.75) is 65.3 Å². The zero-order valence-electron chi connectivity index (χ0n) is 11.7. The van der Waals surface area contributed by atoms with Crippen molar-refractivity contribution in [2.75, 3.05) is 13.1 Å². The number of nitrogens with zero attached hydrogens (tertiary/aromatic N) is 1. The zero-order chi connectivity index (χ0) is 13.1. The summed E-state index contributed by atoms with van der Waals surface area (Å²) in [7, 11) is 0. The summed E-state index contributed by atoms with van der Waals surface area (Å²) in [6, 6.07) is -0.0527. The SMILES string of the molecule is CCCCN(CCCC)C(CCC)C(=O)NN. The molecule has 4 heteroatoms. The standard InChI is InChI=1S/C13H29N3O/c1-4-7-10-16(11-8-5-2)12(9-6-3)13(17)15-14/h12H,4-11,14H2,1-3H3,(H,15,17). The number of nitrogens with one attached hydrogen (secondary N) is 1. The van der Waals surface area contributed by atoms with Gasteiger partial charge in [0.1, 0.15) is 0 Å². The van der Waals surface area contributed by atoms with Crippen LogP contribution in [0.2, 0.25) is 0 Å². The molecule has 0 aromatic rings. The number of carbonyl (C=O) groups is 1. The van der Waals surface area contributed by atoms with E-state index in [0.29, 0.717) is 0 Å². The first kappa shape index (κ1) is 16.4. The van der Waals surface area contributed by atoms with Gasteiger partial charge >= 0.3 is 0 Å². The van der Waals surface area contributed by atoms with Gasteiger partial charge in [-0.25, -0.2) is 5.84 Å². The Hall–Kier alpha value is -0.610. The van der Waals surface area contributed by atoms with E-state index in [9.17, 15) is 4.79 Å².